The van der Waals surface area contributed by atoms with Crippen LogP contribution in [0.15, 0.2) is 43.2 Å². The molecular formula is C31H34FN7O3. The molecule has 11 heteroatoms. The maximum atomic E-state index is 15.0. The lowest BCUT2D eigenvalue weighted by atomic mass is 10.0. The van der Waals surface area contributed by atoms with Crippen molar-refractivity contribution in [3.8, 4) is 6.01 Å². The van der Waals surface area contributed by atoms with Crippen LogP contribution in [-0.2, 0) is 22.5 Å². The molecule has 2 fully saturated rings. The number of piperazine rings is 1. The number of nitrogens with zero attached hydrogens (tertiary/aromatic N) is 7. The predicted molar refractivity (Wildman–Crippen MR) is 157 cm³/mol. The standard InChI is InChI=1S/C31H34FN7O3/c1-4-28(40)39-13-12-38(17-22(39)15-33-3)30-24-10-11-37(27-16-34-14-21-6-5-7-25(32)29(21)27)18-26(24)35-31(36-30)41-19-20(2)42-23-8-9-23/h4-7,14,16,20,22-23H,1,8-13,15,17-19H2,2H3/t20-,22-/m0/s1. The average molecular weight is 572 g/mol. The summed E-state index contributed by atoms with van der Waals surface area (Å²) in [4.78, 5) is 36.1. The minimum absolute atomic E-state index is 0.0988. The zero-order valence-corrected chi connectivity index (χ0v) is 23.7. The second-order valence-electron chi connectivity index (χ2n) is 11.1. The highest BCUT2D eigenvalue weighted by Crippen LogP contribution is 2.35. The first-order valence-electron chi connectivity index (χ1n) is 14.4. The van der Waals surface area contributed by atoms with Gasteiger partial charge in [0, 0.05) is 48.7 Å². The Hall–Kier alpha value is -4.30. The zero-order chi connectivity index (χ0) is 29.2. The van der Waals surface area contributed by atoms with Crippen LogP contribution < -0.4 is 14.5 Å². The number of anilines is 2. The van der Waals surface area contributed by atoms with Crippen molar-refractivity contribution in [2.75, 3.05) is 49.1 Å². The third-order valence-corrected chi connectivity index (χ3v) is 8.01. The summed E-state index contributed by atoms with van der Waals surface area (Å²) in [5, 5.41) is 1.28. The second-order valence-corrected chi connectivity index (χ2v) is 11.1. The molecule has 1 amide bonds. The van der Waals surface area contributed by atoms with Gasteiger partial charge < -0.3 is 29.0 Å². The van der Waals surface area contributed by atoms with Crippen molar-refractivity contribution >= 4 is 28.2 Å². The lowest BCUT2D eigenvalue weighted by Gasteiger charge is -2.41. The molecule has 2 aromatic heterocycles. The molecule has 0 bridgehead atoms. The number of amides is 1. The van der Waals surface area contributed by atoms with Gasteiger partial charge in [-0.2, -0.15) is 9.97 Å². The fourth-order valence-electron chi connectivity index (χ4n) is 5.81. The van der Waals surface area contributed by atoms with Crippen LogP contribution in [0.1, 0.15) is 31.0 Å². The summed E-state index contributed by atoms with van der Waals surface area (Å²) in [6, 6.07) is 4.99. The molecular weight excluding hydrogens is 537 g/mol. The highest BCUT2D eigenvalue weighted by molar-refractivity contribution is 5.94. The Kier molecular flexibility index (Phi) is 7.89. The number of halogens is 1. The van der Waals surface area contributed by atoms with Crippen LogP contribution in [0.4, 0.5) is 15.9 Å². The van der Waals surface area contributed by atoms with E-state index in [4.69, 9.17) is 26.0 Å². The van der Waals surface area contributed by atoms with Crippen molar-refractivity contribution in [3.05, 3.63) is 71.7 Å². The Morgan fingerprint density at radius 3 is 2.88 bits per heavy atom. The van der Waals surface area contributed by atoms with Crippen molar-refractivity contribution < 1.29 is 18.7 Å². The van der Waals surface area contributed by atoms with Gasteiger partial charge in [-0.3, -0.25) is 9.78 Å². The van der Waals surface area contributed by atoms with Gasteiger partial charge in [-0.05, 0) is 38.3 Å². The van der Waals surface area contributed by atoms with Crippen LogP contribution in [-0.4, -0.2) is 83.3 Å². The van der Waals surface area contributed by atoms with Crippen molar-refractivity contribution in [1.29, 1.82) is 0 Å². The van der Waals surface area contributed by atoms with Crippen LogP contribution in [0.3, 0.4) is 0 Å². The van der Waals surface area contributed by atoms with E-state index in [0.29, 0.717) is 57.2 Å². The molecule has 1 aromatic carbocycles. The van der Waals surface area contributed by atoms with Gasteiger partial charge in [0.1, 0.15) is 24.3 Å². The summed E-state index contributed by atoms with van der Waals surface area (Å²) in [6.07, 6.45) is 7.68. The molecule has 6 rings (SSSR count). The summed E-state index contributed by atoms with van der Waals surface area (Å²) in [5.74, 6) is 0.298. The Balaban J connectivity index is 1.32. The molecule has 0 radical (unpaired) electrons. The van der Waals surface area contributed by atoms with E-state index in [1.807, 2.05) is 13.0 Å². The Bertz CT molecular complexity index is 1530. The fourth-order valence-corrected chi connectivity index (χ4v) is 5.81. The molecule has 218 valence electrons. The number of carbonyl (C=O) groups excluding carboxylic acids is 1. The van der Waals surface area contributed by atoms with Crippen LogP contribution >= 0.6 is 0 Å². The average Bonchev–Trinajstić information content (AvgIpc) is 3.83. The molecule has 2 aliphatic heterocycles. The second kappa shape index (κ2) is 11.9. The first-order valence-corrected chi connectivity index (χ1v) is 14.4. The van der Waals surface area contributed by atoms with Crippen LogP contribution in [0.5, 0.6) is 6.01 Å². The van der Waals surface area contributed by atoms with Gasteiger partial charge in [-0.25, -0.2) is 11.0 Å². The topological polar surface area (TPSA) is 88.3 Å². The molecule has 4 heterocycles. The van der Waals surface area contributed by atoms with Crippen LogP contribution in [0.25, 0.3) is 15.6 Å². The van der Waals surface area contributed by atoms with Crippen molar-refractivity contribution in [2.24, 2.45) is 0 Å². The van der Waals surface area contributed by atoms with Gasteiger partial charge in [0.25, 0.3) is 0 Å². The predicted octanol–water partition coefficient (Wildman–Crippen LogP) is 3.80. The van der Waals surface area contributed by atoms with Gasteiger partial charge >= 0.3 is 6.01 Å². The van der Waals surface area contributed by atoms with E-state index in [2.05, 4.69) is 26.2 Å². The maximum absolute atomic E-state index is 15.0. The van der Waals surface area contributed by atoms with Gasteiger partial charge in [0.2, 0.25) is 12.5 Å². The van der Waals surface area contributed by atoms with Crippen LogP contribution in [0, 0.1) is 12.4 Å². The number of hydrogen-bond donors (Lipinski definition) is 0. The molecule has 1 saturated carbocycles. The number of benzene rings is 1. The lowest BCUT2D eigenvalue weighted by molar-refractivity contribution is -0.128. The number of fused-ring (bicyclic) bond motifs is 2. The summed E-state index contributed by atoms with van der Waals surface area (Å²) < 4.78 is 27.0. The van der Waals surface area contributed by atoms with E-state index in [1.54, 1.807) is 23.4 Å². The SMILES string of the molecule is [C-]#[N+]C[C@H]1CN(c2nc(OC[C@H](C)OC3CC3)nc3c2CCN(c2cncc4cccc(F)c24)C3)CCN1C(=O)C=C. The highest BCUT2D eigenvalue weighted by Gasteiger charge is 2.35. The van der Waals surface area contributed by atoms with Gasteiger partial charge in [-0.15, -0.1) is 0 Å². The Morgan fingerprint density at radius 2 is 2.10 bits per heavy atom. The molecule has 1 aliphatic carbocycles. The minimum Gasteiger partial charge on any atom is -0.461 e. The van der Waals surface area contributed by atoms with Gasteiger partial charge in [0.15, 0.2) is 0 Å². The third kappa shape index (κ3) is 5.72. The molecule has 3 aromatic rings. The Labute approximate surface area is 244 Å². The van der Waals surface area contributed by atoms with Crippen LogP contribution in [0.2, 0.25) is 0 Å². The summed E-state index contributed by atoms with van der Waals surface area (Å²) >= 11 is 0. The van der Waals surface area contributed by atoms with E-state index in [-0.39, 0.29) is 36.4 Å². The molecule has 3 aliphatic rings. The van der Waals surface area contributed by atoms with E-state index < -0.39 is 0 Å². The normalized spacial score (nSPS) is 19.3. The largest absolute Gasteiger partial charge is 0.461 e. The van der Waals surface area contributed by atoms with Crippen molar-refractivity contribution in [2.45, 2.75) is 51.0 Å². The highest BCUT2D eigenvalue weighted by atomic mass is 19.1. The summed E-state index contributed by atoms with van der Waals surface area (Å²) in [7, 11) is 0. The van der Waals surface area contributed by atoms with Crippen molar-refractivity contribution in [1.82, 2.24) is 19.9 Å². The molecule has 42 heavy (non-hydrogen) atoms. The lowest BCUT2D eigenvalue weighted by Crippen LogP contribution is -2.56. The number of pyridine rings is 1. The Morgan fingerprint density at radius 1 is 1.24 bits per heavy atom. The molecule has 0 N–H and O–H groups in total. The zero-order valence-electron chi connectivity index (χ0n) is 23.7. The number of hydrogen-bond acceptors (Lipinski definition) is 8. The summed E-state index contributed by atoms with van der Waals surface area (Å²) in [6.45, 7) is 16.1. The quantitative estimate of drug-likeness (QED) is 0.283. The number of ether oxygens (including phenoxy) is 2. The van der Waals surface area contributed by atoms with Crippen molar-refractivity contribution in [3.63, 3.8) is 0 Å². The molecule has 2 atom stereocenters. The van der Waals surface area contributed by atoms with E-state index in [0.717, 1.165) is 41.0 Å². The molecule has 0 unspecified atom stereocenters. The van der Waals surface area contributed by atoms with E-state index in [9.17, 15) is 9.18 Å². The first kappa shape index (κ1) is 27.8. The monoisotopic (exact) mass is 571 g/mol. The number of rotatable bonds is 9. The number of aromatic nitrogens is 3. The van der Waals surface area contributed by atoms with E-state index >= 15 is 0 Å². The van der Waals surface area contributed by atoms with E-state index in [1.165, 1.54) is 12.1 Å². The van der Waals surface area contributed by atoms with Gasteiger partial charge in [-0.1, -0.05) is 18.7 Å². The fraction of sp³-hybridized carbons (Fsp3) is 0.452. The molecule has 0 spiro atoms. The molecule has 1 saturated heterocycles. The third-order valence-electron chi connectivity index (χ3n) is 8.01. The molecule has 10 nitrogen and oxygen atoms in total. The minimum atomic E-state index is -0.287. The first-order chi connectivity index (χ1) is 20.4. The smallest absolute Gasteiger partial charge is 0.318 e. The van der Waals surface area contributed by atoms with Gasteiger partial charge in [0.05, 0.1) is 36.3 Å². The maximum Gasteiger partial charge on any atom is 0.318 e. The number of carbonyl (C=O) groups is 1. The summed E-state index contributed by atoms with van der Waals surface area (Å²) in [5.41, 5.74) is 2.52.